The Morgan fingerprint density at radius 2 is 2.16 bits per heavy atom. The van der Waals surface area contributed by atoms with E-state index in [1.54, 1.807) is 16.9 Å². The van der Waals surface area contributed by atoms with E-state index in [-0.39, 0.29) is 24.0 Å². The minimum Gasteiger partial charge on any atom is -0.393 e. The van der Waals surface area contributed by atoms with E-state index in [1.807, 2.05) is 25.2 Å². The lowest BCUT2D eigenvalue weighted by Gasteiger charge is -2.09. The van der Waals surface area contributed by atoms with Crippen molar-refractivity contribution < 1.29 is 9.90 Å². The number of hydrogen-bond acceptors (Lipinski definition) is 6. The zero-order chi connectivity index (χ0) is 21.7. The zero-order valence-electron chi connectivity index (χ0n) is 17.7. The summed E-state index contributed by atoms with van der Waals surface area (Å²) in [6, 6.07) is 6.16. The van der Waals surface area contributed by atoms with Gasteiger partial charge in [-0.25, -0.2) is 9.97 Å². The third kappa shape index (κ3) is 3.40. The summed E-state index contributed by atoms with van der Waals surface area (Å²) in [5.41, 5.74) is 3.74. The van der Waals surface area contributed by atoms with E-state index in [2.05, 4.69) is 45.3 Å². The lowest BCUT2D eigenvalue weighted by molar-refractivity contribution is -0.116. The minimum atomic E-state index is -0.359. The molecule has 4 heterocycles. The highest BCUT2D eigenvalue weighted by Gasteiger charge is 2.36. The molecule has 0 radical (unpaired) electrons. The Balaban J connectivity index is 1.60. The summed E-state index contributed by atoms with van der Waals surface area (Å²) in [6.45, 7) is 4.24. The maximum Gasteiger partial charge on any atom is 0.224 e. The monoisotopic (exact) mass is 419 g/mol. The first kappa shape index (κ1) is 19.5. The van der Waals surface area contributed by atoms with E-state index < -0.39 is 0 Å². The molecule has 0 saturated heterocycles. The molecule has 31 heavy (non-hydrogen) atoms. The first-order valence-corrected chi connectivity index (χ1v) is 10.5. The summed E-state index contributed by atoms with van der Waals surface area (Å²) in [6.07, 6.45) is 6.09. The van der Waals surface area contributed by atoms with Gasteiger partial charge in [0, 0.05) is 48.9 Å². The molecule has 0 bridgehead atoms. The number of anilines is 2. The van der Waals surface area contributed by atoms with Crippen LogP contribution in [0.1, 0.15) is 32.7 Å². The Hall–Kier alpha value is -3.46. The quantitative estimate of drug-likeness (QED) is 0.443. The number of fused-ring (bicyclic) bond motifs is 2. The number of rotatable bonds is 6. The Labute approximate surface area is 179 Å². The minimum absolute atomic E-state index is 0.0490. The van der Waals surface area contributed by atoms with Gasteiger partial charge in [0.05, 0.1) is 18.0 Å². The highest BCUT2D eigenvalue weighted by molar-refractivity contribution is 5.96. The number of carbonyl (C=O) groups excluding carboxylic acids is 1. The Bertz CT molecular complexity index is 1290. The maximum atomic E-state index is 12.4. The van der Waals surface area contributed by atoms with Gasteiger partial charge in [-0.3, -0.25) is 4.79 Å². The van der Waals surface area contributed by atoms with Crippen LogP contribution in [0.5, 0.6) is 0 Å². The van der Waals surface area contributed by atoms with Crippen LogP contribution in [-0.2, 0) is 4.79 Å². The van der Waals surface area contributed by atoms with Crippen LogP contribution >= 0.6 is 0 Å². The molecule has 9 heteroatoms. The van der Waals surface area contributed by atoms with E-state index in [0.717, 1.165) is 28.1 Å². The number of amides is 1. The van der Waals surface area contributed by atoms with Crippen LogP contribution in [0.25, 0.3) is 27.9 Å². The van der Waals surface area contributed by atoms with E-state index in [0.29, 0.717) is 24.2 Å². The van der Waals surface area contributed by atoms with Crippen LogP contribution in [0.3, 0.4) is 0 Å². The molecular formula is C22H25N7O2. The van der Waals surface area contributed by atoms with Gasteiger partial charge in [-0.2, -0.15) is 9.61 Å². The molecule has 4 aromatic rings. The van der Waals surface area contributed by atoms with E-state index in [1.165, 1.54) is 0 Å². The molecular weight excluding hydrogens is 394 g/mol. The molecule has 2 atom stereocenters. The molecule has 1 aliphatic rings. The number of carbonyl (C=O) groups is 1. The predicted molar refractivity (Wildman–Crippen MR) is 119 cm³/mol. The van der Waals surface area contributed by atoms with Crippen molar-refractivity contribution in [3.63, 3.8) is 0 Å². The second kappa shape index (κ2) is 7.35. The van der Waals surface area contributed by atoms with Crippen molar-refractivity contribution in [2.75, 3.05) is 17.7 Å². The molecule has 0 spiro atoms. The van der Waals surface area contributed by atoms with Gasteiger partial charge in [-0.1, -0.05) is 0 Å². The lowest BCUT2D eigenvalue weighted by atomic mass is 10.1. The van der Waals surface area contributed by atoms with Crippen LogP contribution < -0.4 is 10.6 Å². The van der Waals surface area contributed by atoms with Crippen LogP contribution in [0.4, 0.5) is 11.5 Å². The van der Waals surface area contributed by atoms with Crippen molar-refractivity contribution in [2.24, 2.45) is 5.92 Å². The zero-order valence-corrected chi connectivity index (χ0v) is 17.7. The van der Waals surface area contributed by atoms with Gasteiger partial charge in [-0.15, -0.1) is 0 Å². The van der Waals surface area contributed by atoms with Crippen LogP contribution in [0.2, 0.25) is 0 Å². The summed E-state index contributed by atoms with van der Waals surface area (Å²) in [5, 5.41) is 21.0. The van der Waals surface area contributed by atoms with Gasteiger partial charge in [-0.05, 0) is 38.3 Å². The Morgan fingerprint density at radius 1 is 1.35 bits per heavy atom. The van der Waals surface area contributed by atoms with Crippen molar-refractivity contribution in [1.82, 2.24) is 24.1 Å². The van der Waals surface area contributed by atoms with Crippen molar-refractivity contribution in [1.29, 1.82) is 0 Å². The summed E-state index contributed by atoms with van der Waals surface area (Å²) in [4.78, 5) is 21.8. The standard InChI is InChI=1S/C22H25N7O2/c1-12(2)28-11-15(14-5-4-6-24-21(14)28)16-9-19(23-3)29-22(27-16)17(10-25-29)26-20(31)8-13-7-18(13)30/h4-6,9-13,18,23,30H,7-8H2,1-3H3,(H,26,31). The second-order valence-corrected chi connectivity index (χ2v) is 8.30. The van der Waals surface area contributed by atoms with E-state index in [9.17, 15) is 9.90 Å². The molecule has 4 aromatic heterocycles. The van der Waals surface area contributed by atoms with Gasteiger partial charge in [0.1, 0.15) is 17.2 Å². The number of nitrogens with one attached hydrogen (secondary N) is 2. The summed E-state index contributed by atoms with van der Waals surface area (Å²) in [7, 11) is 1.83. The van der Waals surface area contributed by atoms with Gasteiger partial charge >= 0.3 is 0 Å². The normalized spacial score (nSPS) is 18.1. The average molecular weight is 419 g/mol. The van der Waals surface area contributed by atoms with Gasteiger partial charge in [0.25, 0.3) is 0 Å². The van der Waals surface area contributed by atoms with Crippen molar-refractivity contribution in [3.05, 3.63) is 36.8 Å². The first-order valence-electron chi connectivity index (χ1n) is 10.5. The number of aliphatic hydroxyl groups excluding tert-OH is 1. The second-order valence-electron chi connectivity index (χ2n) is 8.30. The maximum absolute atomic E-state index is 12.4. The molecule has 1 amide bonds. The first-order chi connectivity index (χ1) is 15.0. The number of hydrogen-bond donors (Lipinski definition) is 3. The molecule has 0 aromatic carbocycles. The van der Waals surface area contributed by atoms with Gasteiger partial charge in [0.2, 0.25) is 5.91 Å². The Kier molecular flexibility index (Phi) is 4.62. The fourth-order valence-electron chi connectivity index (χ4n) is 3.94. The third-order valence-electron chi connectivity index (χ3n) is 5.76. The molecule has 1 saturated carbocycles. The van der Waals surface area contributed by atoms with Gasteiger partial charge in [0.15, 0.2) is 5.65 Å². The van der Waals surface area contributed by atoms with Crippen LogP contribution in [0, 0.1) is 5.92 Å². The number of pyridine rings is 1. The smallest absolute Gasteiger partial charge is 0.224 e. The predicted octanol–water partition coefficient (Wildman–Crippen LogP) is 3.08. The average Bonchev–Trinajstić information content (AvgIpc) is 3.14. The molecule has 1 fully saturated rings. The fourth-order valence-corrected chi connectivity index (χ4v) is 3.94. The fraction of sp³-hybridized carbons (Fsp3) is 0.364. The third-order valence-corrected chi connectivity index (χ3v) is 5.76. The van der Waals surface area contributed by atoms with E-state index in [4.69, 9.17) is 4.98 Å². The molecule has 3 N–H and O–H groups in total. The SMILES string of the molecule is CNc1cc(-c2cn(C(C)C)c3ncccc23)nc2c(NC(=O)CC3CC3O)cnn12. The Morgan fingerprint density at radius 3 is 2.87 bits per heavy atom. The number of aromatic nitrogens is 5. The van der Waals surface area contributed by atoms with Crippen LogP contribution in [0.15, 0.2) is 36.8 Å². The highest BCUT2D eigenvalue weighted by Crippen LogP contribution is 2.35. The van der Waals surface area contributed by atoms with Crippen LogP contribution in [-0.4, -0.2) is 48.3 Å². The van der Waals surface area contributed by atoms with Crippen molar-refractivity contribution >= 4 is 34.1 Å². The largest absolute Gasteiger partial charge is 0.393 e. The molecule has 0 aliphatic heterocycles. The van der Waals surface area contributed by atoms with E-state index >= 15 is 0 Å². The molecule has 1 aliphatic carbocycles. The molecule has 5 rings (SSSR count). The lowest BCUT2D eigenvalue weighted by Crippen LogP contribution is -2.13. The highest BCUT2D eigenvalue weighted by atomic mass is 16.3. The summed E-state index contributed by atoms with van der Waals surface area (Å²) >= 11 is 0. The number of nitrogens with zero attached hydrogens (tertiary/aromatic N) is 5. The number of aliphatic hydroxyl groups is 1. The van der Waals surface area contributed by atoms with Gasteiger partial charge < -0.3 is 20.3 Å². The summed E-state index contributed by atoms with van der Waals surface area (Å²) in [5.74, 6) is 0.663. The molecule has 160 valence electrons. The summed E-state index contributed by atoms with van der Waals surface area (Å²) < 4.78 is 3.81. The molecule has 2 unspecified atom stereocenters. The van der Waals surface area contributed by atoms with Crippen molar-refractivity contribution in [3.8, 4) is 11.3 Å². The van der Waals surface area contributed by atoms with Crippen molar-refractivity contribution in [2.45, 2.75) is 38.8 Å². The topological polar surface area (TPSA) is 109 Å². The molecule has 9 nitrogen and oxygen atoms in total.